The van der Waals surface area contributed by atoms with E-state index in [0.717, 1.165) is 0 Å². The molecule has 2 heterocycles. The van der Waals surface area contributed by atoms with Gasteiger partial charge < -0.3 is 24.3 Å². The molecule has 2 N–H and O–H groups in total. The molecule has 30 heavy (non-hydrogen) atoms. The topological polar surface area (TPSA) is 132 Å². The summed E-state index contributed by atoms with van der Waals surface area (Å²) in [7, 11) is -1.66. The van der Waals surface area contributed by atoms with Crippen LogP contribution in [0.3, 0.4) is 0 Å². The average molecular weight is 433 g/mol. The van der Waals surface area contributed by atoms with Crippen LogP contribution < -0.4 is 20.2 Å². The lowest BCUT2D eigenvalue weighted by Gasteiger charge is -2.12. The highest BCUT2D eigenvalue weighted by atomic mass is 32.2. The molecule has 0 spiro atoms. The lowest BCUT2D eigenvalue weighted by molar-refractivity contribution is -0.123. The number of methoxy groups -OCH3 is 1. The molecule has 1 atom stereocenters. The van der Waals surface area contributed by atoms with Crippen molar-refractivity contribution in [2.24, 2.45) is 0 Å². The van der Waals surface area contributed by atoms with Gasteiger partial charge in [-0.1, -0.05) is 6.07 Å². The smallest absolute Gasteiger partial charge is 0.258 e. The molecule has 1 aliphatic rings. The fraction of sp³-hybridized carbons (Fsp3) is 0.300. The van der Waals surface area contributed by atoms with Crippen LogP contribution in [-0.4, -0.2) is 50.7 Å². The molecule has 9 nitrogen and oxygen atoms in total. The van der Waals surface area contributed by atoms with Gasteiger partial charge in [0.25, 0.3) is 5.91 Å². The predicted molar refractivity (Wildman–Crippen MR) is 109 cm³/mol. The van der Waals surface area contributed by atoms with Crippen LogP contribution in [0.5, 0.6) is 17.2 Å². The molecule has 0 saturated carbocycles. The number of phenols is 1. The molecule has 158 valence electrons. The van der Waals surface area contributed by atoms with Crippen molar-refractivity contribution in [1.82, 2.24) is 5.32 Å². The lowest BCUT2D eigenvalue weighted by Crippen LogP contribution is -2.38. The van der Waals surface area contributed by atoms with Gasteiger partial charge in [0.05, 0.1) is 24.0 Å². The zero-order valence-corrected chi connectivity index (χ0v) is 16.8. The fourth-order valence-electron chi connectivity index (χ4n) is 3.50. The van der Waals surface area contributed by atoms with Crippen LogP contribution in [0.2, 0.25) is 0 Å². The number of nitrogens with one attached hydrogen (secondary N) is 1. The Morgan fingerprint density at radius 2 is 2.13 bits per heavy atom. The van der Waals surface area contributed by atoms with E-state index in [1.54, 1.807) is 18.2 Å². The van der Waals surface area contributed by atoms with Crippen LogP contribution in [-0.2, 0) is 14.6 Å². The van der Waals surface area contributed by atoms with E-state index in [1.165, 1.54) is 19.2 Å². The Hall–Kier alpha value is -3.27. The Bertz CT molecular complexity index is 1310. The molecule has 1 aliphatic heterocycles. The molecule has 1 aromatic heterocycles. The van der Waals surface area contributed by atoms with Gasteiger partial charge in [-0.25, -0.2) is 8.42 Å². The zero-order chi connectivity index (χ0) is 21.5. The van der Waals surface area contributed by atoms with E-state index >= 15 is 0 Å². The third kappa shape index (κ3) is 3.78. The third-order valence-electron chi connectivity index (χ3n) is 4.90. The SMILES string of the molecule is COc1cccc2c(=O)c3c(O)cc(OCC(=O)NC4CCS(=O)(=O)C4)cc3oc12. The van der Waals surface area contributed by atoms with Crippen molar-refractivity contribution in [3.05, 3.63) is 40.6 Å². The maximum Gasteiger partial charge on any atom is 0.258 e. The second kappa shape index (κ2) is 7.52. The second-order valence-corrected chi connectivity index (χ2v) is 9.27. The molecular weight excluding hydrogens is 414 g/mol. The van der Waals surface area contributed by atoms with Crippen LogP contribution in [0.15, 0.2) is 39.5 Å². The molecule has 3 aromatic rings. The molecule has 1 saturated heterocycles. The van der Waals surface area contributed by atoms with Gasteiger partial charge in [0.2, 0.25) is 5.43 Å². The van der Waals surface area contributed by atoms with E-state index in [2.05, 4.69) is 5.32 Å². The van der Waals surface area contributed by atoms with Crippen molar-refractivity contribution in [2.75, 3.05) is 25.2 Å². The summed E-state index contributed by atoms with van der Waals surface area (Å²) in [6, 6.07) is 7.04. The van der Waals surface area contributed by atoms with Crippen molar-refractivity contribution in [1.29, 1.82) is 0 Å². The number of phenolic OH excluding ortho intramolecular Hbond substituents is 1. The summed E-state index contributed by atoms with van der Waals surface area (Å²) in [5.41, 5.74) is -0.113. The maximum atomic E-state index is 12.8. The van der Waals surface area contributed by atoms with E-state index in [4.69, 9.17) is 13.9 Å². The minimum Gasteiger partial charge on any atom is -0.507 e. The normalized spacial score (nSPS) is 17.8. The summed E-state index contributed by atoms with van der Waals surface area (Å²) in [5, 5.41) is 13.2. The van der Waals surface area contributed by atoms with Gasteiger partial charge in [-0.05, 0) is 18.6 Å². The first-order valence-corrected chi connectivity index (χ1v) is 11.0. The van der Waals surface area contributed by atoms with Gasteiger partial charge in [0.15, 0.2) is 27.8 Å². The molecule has 10 heteroatoms. The van der Waals surface area contributed by atoms with Crippen molar-refractivity contribution in [3.8, 4) is 17.2 Å². The average Bonchev–Trinajstić information content (AvgIpc) is 3.04. The zero-order valence-electron chi connectivity index (χ0n) is 16.0. The number of ether oxygens (including phenoxy) is 2. The fourth-order valence-corrected chi connectivity index (χ4v) is 5.17. The number of para-hydroxylation sites is 1. The molecule has 1 fully saturated rings. The van der Waals surface area contributed by atoms with Crippen LogP contribution in [0.25, 0.3) is 21.9 Å². The molecule has 0 aliphatic carbocycles. The molecule has 1 unspecified atom stereocenters. The summed E-state index contributed by atoms with van der Waals surface area (Å²) in [6.07, 6.45) is 0.366. The van der Waals surface area contributed by atoms with E-state index in [9.17, 15) is 23.1 Å². The number of aromatic hydroxyl groups is 1. The number of benzene rings is 2. The second-order valence-electron chi connectivity index (χ2n) is 7.04. The number of hydrogen-bond donors (Lipinski definition) is 2. The van der Waals surface area contributed by atoms with Crippen molar-refractivity contribution < 1.29 is 32.2 Å². The first-order valence-electron chi connectivity index (χ1n) is 9.16. The number of hydrogen-bond acceptors (Lipinski definition) is 8. The van der Waals surface area contributed by atoms with E-state index in [0.29, 0.717) is 12.2 Å². The van der Waals surface area contributed by atoms with Gasteiger partial charge in [-0.2, -0.15) is 0 Å². The molecule has 4 rings (SSSR count). The van der Waals surface area contributed by atoms with E-state index < -0.39 is 27.2 Å². The summed E-state index contributed by atoms with van der Waals surface area (Å²) in [4.78, 5) is 24.8. The van der Waals surface area contributed by atoms with Crippen LogP contribution in [0, 0.1) is 0 Å². The summed E-state index contributed by atoms with van der Waals surface area (Å²) in [6.45, 7) is -0.386. The van der Waals surface area contributed by atoms with Crippen LogP contribution in [0.1, 0.15) is 6.42 Å². The maximum absolute atomic E-state index is 12.8. The third-order valence-corrected chi connectivity index (χ3v) is 6.67. The van der Waals surface area contributed by atoms with Gasteiger partial charge in [-0.15, -0.1) is 0 Å². The predicted octanol–water partition coefficient (Wildman–Crippen LogP) is 1.34. The van der Waals surface area contributed by atoms with Gasteiger partial charge in [0.1, 0.15) is 22.5 Å². The molecule has 1 amide bonds. The van der Waals surface area contributed by atoms with E-state index in [-0.39, 0.29) is 51.6 Å². The number of amides is 1. The number of sulfone groups is 1. The molecule has 0 radical (unpaired) electrons. The van der Waals surface area contributed by atoms with E-state index in [1.807, 2.05) is 0 Å². The number of fused-ring (bicyclic) bond motifs is 2. The van der Waals surface area contributed by atoms with Crippen molar-refractivity contribution in [3.63, 3.8) is 0 Å². The Kier molecular flexibility index (Phi) is 5.02. The standard InChI is InChI=1S/C20H19NO8S/c1-27-15-4-2-3-13-19(24)18-14(22)7-12(8-16(18)29-20(13)15)28-9-17(23)21-11-5-6-30(25,26)10-11/h2-4,7-8,11,22H,5-6,9-10H2,1H3,(H,21,23). The summed E-state index contributed by atoms with van der Waals surface area (Å²) in [5.74, 6) is -0.389. The Balaban J connectivity index is 1.59. The quantitative estimate of drug-likeness (QED) is 0.576. The number of carbonyl (C=O) groups is 1. The van der Waals surface area contributed by atoms with Gasteiger partial charge in [-0.3, -0.25) is 9.59 Å². The lowest BCUT2D eigenvalue weighted by atomic mass is 10.1. The highest BCUT2D eigenvalue weighted by molar-refractivity contribution is 7.91. The van der Waals surface area contributed by atoms with Crippen LogP contribution in [0.4, 0.5) is 0 Å². The monoisotopic (exact) mass is 433 g/mol. The summed E-state index contributed by atoms with van der Waals surface area (Å²) < 4.78 is 39.4. The van der Waals surface area contributed by atoms with Gasteiger partial charge >= 0.3 is 0 Å². The highest BCUT2D eigenvalue weighted by Gasteiger charge is 2.29. The summed E-state index contributed by atoms with van der Waals surface area (Å²) >= 11 is 0. The minimum atomic E-state index is -3.11. The highest BCUT2D eigenvalue weighted by Crippen LogP contribution is 2.33. The molecule has 2 aromatic carbocycles. The Morgan fingerprint density at radius 3 is 2.83 bits per heavy atom. The Morgan fingerprint density at radius 1 is 1.33 bits per heavy atom. The van der Waals surface area contributed by atoms with Crippen molar-refractivity contribution >= 4 is 37.7 Å². The number of carbonyl (C=O) groups excluding carboxylic acids is 1. The minimum absolute atomic E-state index is 0.0104. The van der Waals surface area contributed by atoms with Crippen LogP contribution >= 0.6 is 0 Å². The molecular formula is C20H19NO8S. The first kappa shape index (κ1) is 20.0. The molecule has 0 bridgehead atoms. The first-order chi connectivity index (χ1) is 14.3. The Labute approximate surface area is 171 Å². The van der Waals surface area contributed by atoms with Crippen molar-refractivity contribution in [2.45, 2.75) is 12.5 Å². The largest absolute Gasteiger partial charge is 0.507 e. The number of rotatable bonds is 5. The van der Waals surface area contributed by atoms with Gasteiger partial charge in [0, 0.05) is 18.2 Å².